The molecule has 0 aliphatic heterocycles. The van der Waals surface area contributed by atoms with E-state index >= 15 is 0 Å². The van der Waals surface area contributed by atoms with E-state index in [9.17, 15) is 4.79 Å². The van der Waals surface area contributed by atoms with Gasteiger partial charge in [-0.3, -0.25) is 4.79 Å². The fourth-order valence-corrected chi connectivity index (χ4v) is 1.80. The van der Waals surface area contributed by atoms with Crippen LogP contribution < -0.4 is 4.74 Å². The summed E-state index contributed by atoms with van der Waals surface area (Å²) in [6.45, 7) is 4.34. The third-order valence-electron chi connectivity index (χ3n) is 2.55. The van der Waals surface area contributed by atoms with Gasteiger partial charge in [-0.15, -0.1) is 0 Å². The van der Waals surface area contributed by atoms with Gasteiger partial charge in [0.15, 0.2) is 0 Å². The normalized spacial score (nSPS) is 10.4. The van der Waals surface area contributed by atoms with Crippen molar-refractivity contribution in [2.75, 3.05) is 14.2 Å². The van der Waals surface area contributed by atoms with Crippen LogP contribution in [0.25, 0.3) is 0 Å². The number of benzene rings is 1. The van der Waals surface area contributed by atoms with Gasteiger partial charge in [-0.25, -0.2) is 0 Å². The van der Waals surface area contributed by atoms with E-state index in [0.29, 0.717) is 5.92 Å². The zero-order valence-electron chi connectivity index (χ0n) is 10.9. The van der Waals surface area contributed by atoms with Crippen LogP contribution in [0.15, 0.2) is 18.2 Å². The molecule has 0 unspecified atom stereocenters. The quantitative estimate of drug-likeness (QED) is 0.737. The Balaban J connectivity index is 2.93. The summed E-state index contributed by atoms with van der Waals surface area (Å²) in [4.78, 5) is 11.3. The highest BCUT2D eigenvalue weighted by Gasteiger charge is 2.10. The smallest absolute Gasteiger partial charge is 0.310 e. The van der Waals surface area contributed by atoms with E-state index in [4.69, 9.17) is 4.74 Å². The van der Waals surface area contributed by atoms with Gasteiger partial charge in [0.25, 0.3) is 0 Å². The number of methoxy groups -OCH3 is 2. The molecule has 3 heteroatoms. The summed E-state index contributed by atoms with van der Waals surface area (Å²) < 4.78 is 9.92. The minimum Gasteiger partial charge on any atom is -0.496 e. The predicted octanol–water partition coefficient (Wildman–Crippen LogP) is 2.61. The largest absolute Gasteiger partial charge is 0.496 e. The second-order valence-electron chi connectivity index (χ2n) is 4.50. The molecule has 0 aromatic heterocycles. The van der Waals surface area contributed by atoms with Crippen LogP contribution in [-0.2, 0) is 22.4 Å². The van der Waals surface area contributed by atoms with Crippen molar-refractivity contribution in [1.82, 2.24) is 0 Å². The topological polar surface area (TPSA) is 35.5 Å². The molecule has 94 valence electrons. The molecule has 0 heterocycles. The molecular formula is C14H20O3. The molecule has 1 rings (SSSR count). The first-order valence-corrected chi connectivity index (χ1v) is 5.79. The van der Waals surface area contributed by atoms with E-state index in [1.54, 1.807) is 7.11 Å². The lowest BCUT2D eigenvalue weighted by Gasteiger charge is -2.11. The molecule has 3 nitrogen and oxygen atoms in total. The van der Waals surface area contributed by atoms with E-state index in [0.717, 1.165) is 17.7 Å². The first kappa shape index (κ1) is 13.6. The Morgan fingerprint density at radius 1 is 1.29 bits per heavy atom. The lowest BCUT2D eigenvalue weighted by Crippen LogP contribution is -2.07. The number of carbonyl (C=O) groups is 1. The SMILES string of the molecule is COC(=O)Cc1cc(CC(C)C)ccc1OC. The van der Waals surface area contributed by atoms with Gasteiger partial charge < -0.3 is 9.47 Å². The number of hydrogen-bond acceptors (Lipinski definition) is 3. The Morgan fingerprint density at radius 3 is 2.53 bits per heavy atom. The van der Waals surface area contributed by atoms with Crippen molar-refractivity contribution in [2.24, 2.45) is 5.92 Å². The molecule has 0 atom stereocenters. The highest BCUT2D eigenvalue weighted by Crippen LogP contribution is 2.22. The molecule has 0 aliphatic rings. The highest BCUT2D eigenvalue weighted by atomic mass is 16.5. The van der Waals surface area contributed by atoms with Crippen LogP contribution in [0.3, 0.4) is 0 Å². The zero-order valence-corrected chi connectivity index (χ0v) is 10.9. The second-order valence-corrected chi connectivity index (χ2v) is 4.50. The zero-order chi connectivity index (χ0) is 12.8. The van der Waals surface area contributed by atoms with Crippen molar-refractivity contribution in [3.05, 3.63) is 29.3 Å². The molecule has 0 aliphatic carbocycles. The van der Waals surface area contributed by atoms with Crippen LogP contribution in [0.1, 0.15) is 25.0 Å². The maximum atomic E-state index is 11.3. The number of ether oxygens (including phenoxy) is 2. The lowest BCUT2D eigenvalue weighted by molar-refractivity contribution is -0.139. The van der Waals surface area contributed by atoms with E-state index in [1.165, 1.54) is 12.7 Å². The summed E-state index contributed by atoms with van der Waals surface area (Å²) in [6, 6.07) is 5.98. The molecule has 1 aromatic rings. The van der Waals surface area contributed by atoms with E-state index in [2.05, 4.69) is 18.6 Å². The molecule has 0 bridgehead atoms. The summed E-state index contributed by atoms with van der Waals surface area (Å²) in [5.74, 6) is 1.09. The molecule has 0 radical (unpaired) electrons. The second kappa shape index (κ2) is 6.28. The van der Waals surface area contributed by atoms with Crippen molar-refractivity contribution in [3.63, 3.8) is 0 Å². The highest BCUT2D eigenvalue weighted by molar-refractivity contribution is 5.73. The van der Waals surface area contributed by atoms with Crippen LogP contribution in [0.4, 0.5) is 0 Å². The lowest BCUT2D eigenvalue weighted by atomic mass is 9.99. The summed E-state index contributed by atoms with van der Waals surface area (Å²) >= 11 is 0. The maximum absolute atomic E-state index is 11.3. The number of rotatable bonds is 5. The van der Waals surface area contributed by atoms with E-state index in [1.807, 2.05) is 18.2 Å². The third kappa shape index (κ3) is 4.10. The predicted molar refractivity (Wildman–Crippen MR) is 67.3 cm³/mol. The standard InChI is InChI=1S/C14H20O3/c1-10(2)7-11-5-6-13(16-3)12(8-11)9-14(15)17-4/h5-6,8,10H,7,9H2,1-4H3. The van der Waals surface area contributed by atoms with Crippen LogP contribution >= 0.6 is 0 Å². The van der Waals surface area contributed by atoms with Crippen LogP contribution in [0.2, 0.25) is 0 Å². The monoisotopic (exact) mass is 236 g/mol. The van der Waals surface area contributed by atoms with Gasteiger partial charge in [-0.1, -0.05) is 26.0 Å². The van der Waals surface area contributed by atoms with Gasteiger partial charge in [0.05, 0.1) is 20.6 Å². The molecule has 17 heavy (non-hydrogen) atoms. The van der Waals surface area contributed by atoms with Crippen LogP contribution in [0, 0.1) is 5.92 Å². The van der Waals surface area contributed by atoms with E-state index < -0.39 is 0 Å². The minimum absolute atomic E-state index is 0.245. The summed E-state index contributed by atoms with van der Waals surface area (Å²) in [5, 5.41) is 0. The Kier molecular flexibility index (Phi) is 5.01. The third-order valence-corrected chi connectivity index (χ3v) is 2.55. The van der Waals surface area contributed by atoms with Gasteiger partial charge in [-0.05, 0) is 24.0 Å². The Bertz CT molecular complexity index is 383. The van der Waals surface area contributed by atoms with Crippen LogP contribution in [0.5, 0.6) is 5.75 Å². The average Bonchev–Trinajstić information content (AvgIpc) is 2.28. The Labute approximate surface area is 103 Å². The van der Waals surface area contributed by atoms with Gasteiger partial charge in [0.2, 0.25) is 0 Å². The van der Waals surface area contributed by atoms with E-state index in [-0.39, 0.29) is 12.4 Å². The minimum atomic E-state index is -0.245. The van der Waals surface area contributed by atoms with Crippen molar-refractivity contribution >= 4 is 5.97 Å². The molecule has 0 saturated heterocycles. The molecule has 1 aromatic carbocycles. The Morgan fingerprint density at radius 2 is 2.00 bits per heavy atom. The Hall–Kier alpha value is -1.51. The van der Waals surface area contributed by atoms with Gasteiger partial charge in [0, 0.05) is 5.56 Å². The number of esters is 1. The van der Waals surface area contributed by atoms with Gasteiger partial charge >= 0.3 is 5.97 Å². The van der Waals surface area contributed by atoms with Crippen LogP contribution in [-0.4, -0.2) is 20.2 Å². The molecule has 0 saturated carbocycles. The fraction of sp³-hybridized carbons (Fsp3) is 0.500. The summed E-state index contributed by atoms with van der Waals surface area (Å²) in [6.07, 6.45) is 1.25. The average molecular weight is 236 g/mol. The van der Waals surface area contributed by atoms with Gasteiger partial charge in [-0.2, -0.15) is 0 Å². The molecule has 0 N–H and O–H groups in total. The number of hydrogen-bond donors (Lipinski definition) is 0. The first-order chi connectivity index (χ1) is 8.06. The summed E-state index contributed by atoms with van der Waals surface area (Å²) in [5.41, 5.74) is 2.11. The molecule has 0 spiro atoms. The van der Waals surface area contributed by atoms with Crippen molar-refractivity contribution in [1.29, 1.82) is 0 Å². The van der Waals surface area contributed by atoms with Crippen molar-refractivity contribution < 1.29 is 14.3 Å². The molecule has 0 amide bonds. The first-order valence-electron chi connectivity index (χ1n) is 5.79. The van der Waals surface area contributed by atoms with Crippen molar-refractivity contribution in [2.45, 2.75) is 26.7 Å². The van der Waals surface area contributed by atoms with Crippen molar-refractivity contribution in [3.8, 4) is 5.75 Å². The van der Waals surface area contributed by atoms with Gasteiger partial charge in [0.1, 0.15) is 5.75 Å². The summed E-state index contributed by atoms with van der Waals surface area (Å²) in [7, 11) is 3.00. The number of carbonyl (C=O) groups excluding carboxylic acids is 1. The fourth-order valence-electron chi connectivity index (χ4n) is 1.80. The molecular weight excluding hydrogens is 216 g/mol. The maximum Gasteiger partial charge on any atom is 0.310 e. The molecule has 0 fully saturated rings.